The van der Waals surface area contributed by atoms with Crippen LogP contribution in [0.2, 0.25) is 0 Å². The number of amides is 1. The van der Waals surface area contributed by atoms with E-state index in [0.29, 0.717) is 5.56 Å². The van der Waals surface area contributed by atoms with Gasteiger partial charge in [0, 0.05) is 29.4 Å². The fourth-order valence-corrected chi connectivity index (χ4v) is 2.69. The fraction of sp³-hybridized carbons (Fsp3) is 0.318. The second-order valence-corrected chi connectivity index (χ2v) is 7.06. The maximum absolute atomic E-state index is 14.4. The molecule has 2 aromatic rings. The molecule has 0 aliphatic carbocycles. The summed E-state index contributed by atoms with van der Waals surface area (Å²) in [6, 6.07) is 13.1. The SMILES string of the molecule is C/C(=C\C(=O)NC(C)C)c1ccc(-c2ccc(NC(C)C)cc2F)cc1. The van der Waals surface area contributed by atoms with Crippen molar-refractivity contribution in [1.82, 2.24) is 5.32 Å². The minimum Gasteiger partial charge on any atom is -0.383 e. The lowest BCUT2D eigenvalue weighted by molar-refractivity contribution is -0.116. The predicted octanol–water partition coefficient (Wildman–Crippen LogP) is 5.24. The van der Waals surface area contributed by atoms with Crippen molar-refractivity contribution < 1.29 is 9.18 Å². The summed E-state index contributed by atoms with van der Waals surface area (Å²) < 4.78 is 14.4. The van der Waals surface area contributed by atoms with Crippen molar-refractivity contribution in [2.45, 2.75) is 46.7 Å². The van der Waals surface area contributed by atoms with E-state index in [9.17, 15) is 9.18 Å². The van der Waals surface area contributed by atoms with Crippen molar-refractivity contribution >= 4 is 17.2 Å². The molecule has 138 valence electrons. The number of hydrogen-bond donors (Lipinski definition) is 2. The van der Waals surface area contributed by atoms with Crippen LogP contribution in [0.25, 0.3) is 16.7 Å². The van der Waals surface area contributed by atoms with Gasteiger partial charge >= 0.3 is 0 Å². The highest BCUT2D eigenvalue weighted by molar-refractivity contribution is 5.95. The molecule has 0 saturated carbocycles. The van der Waals surface area contributed by atoms with E-state index in [0.717, 1.165) is 22.4 Å². The molecule has 0 aliphatic heterocycles. The van der Waals surface area contributed by atoms with Crippen molar-refractivity contribution in [1.29, 1.82) is 0 Å². The Morgan fingerprint density at radius 1 is 1.00 bits per heavy atom. The number of benzene rings is 2. The molecule has 0 spiro atoms. The van der Waals surface area contributed by atoms with Gasteiger partial charge in [0.2, 0.25) is 5.91 Å². The summed E-state index contributed by atoms with van der Waals surface area (Å²) in [5.74, 6) is -0.368. The zero-order chi connectivity index (χ0) is 19.3. The highest BCUT2D eigenvalue weighted by Gasteiger charge is 2.08. The Morgan fingerprint density at radius 3 is 2.19 bits per heavy atom. The molecule has 2 N–H and O–H groups in total. The molecule has 0 heterocycles. The third kappa shape index (κ3) is 5.45. The number of allylic oxidation sites excluding steroid dienone is 1. The van der Waals surface area contributed by atoms with Crippen molar-refractivity contribution in [3.8, 4) is 11.1 Å². The molecular weight excluding hydrogens is 327 g/mol. The minimum atomic E-state index is -0.257. The molecule has 2 rings (SSSR count). The van der Waals surface area contributed by atoms with E-state index in [1.165, 1.54) is 6.07 Å². The van der Waals surface area contributed by atoms with Crippen LogP contribution in [-0.2, 0) is 4.79 Å². The quantitative estimate of drug-likeness (QED) is 0.697. The van der Waals surface area contributed by atoms with Gasteiger partial charge in [-0.3, -0.25) is 4.79 Å². The molecule has 0 aliphatic rings. The van der Waals surface area contributed by atoms with Gasteiger partial charge in [-0.2, -0.15) is 0 Å². The third-order valence-corrected chi connectivity index (χ3v) is 3.85. The van der Waals surface area contributed by atoms with E-state index < -0.39 is 0 Å². The van der Waals surface area contributed by atoms with E-state index in [-0.39, 0.29) is 23.8 Å². The first-order chi connectivity index (χ1) is 12.3. The zero-order valence-electron chi connectivity index (χ0n) is 16.1. The van der Waals surface area contributed by atoms with Crippen LogP contribution >= 0.6 is 0 Å². The molecule has 0 bridgehead atoms. The van der Waals surface area contributed by atoms with Gasteiger partial charge in [-0.05, 0) is 69.5 Å². The Labute approximate surface area is 155 Å². The fourth-order valence-electron chi connectivity index (χ4n) is 2.69. The van der Waals surface area contributed by atoms with E-state index in [1.807, 2.05) is 65.0 Å². The molecule has 2 aromatic carbocycles. The average molecular weight is 354 g/mol. The average Bonchev–Trinajstić information content (AvgIpc) is 2.53. The van der Waals surface area contributed by atoms with Gasteiger partial charge in [0.1, 0.15) is 5.82 Å². The van der Waals surface area contributed by atoms with Crippen molar-refractivity contribution in [3.05, 3.63) is 59.9 Å². The Bertz CT molecular complexity index is 792. The molecule has 1 amide bonds. The smallest absolute Gasteiger partial charge is 0.244 e. The van der Waals surface area contributed by atoms with Crippen LogP contribution in [0.1, 0.15) is 40.2 Å². The first kappa shape index (κ1) is 19.7. The normalized spacial score (nSPS) is 11.8. The third-order valence-electron chi connectivity index (χ3n) is 3.85. The van der Waals surface area contributed by atoms with E-state index in [1.54, 1.807) is 12.1 Å². The molecule has 0 radical (unpaired) electrons. The van der Waals surface area contributed by atoms with E-state index >= 15 is 0 Å². The Kier molecular flexibility index (Phi) is 6.56. The maximum atomic E-state index is 14.4. The van der Waals surface area contributed by atoms with Gasteiger partial charge < -0.3 is 10.6 Å². The number of carbonyl (C=O) groups is 1. The van der Waals surface area contributed by atoms with Crippen LogP contribution in [0.3, 0.4) is 0 Å². The van der Waals surface area contributed by atoms with Gasteiger partial charge in [-0.25, -0.2) is 4.39 Å². The summed E-state index contributed by atoms with van der Waals surface area (Å²) in [5, 5.41) is 6.03. The van der Waals surface area contributed by atoms with Crippen LogP contribution in [0.15, 0.2) is 48.5 Å². The first-order valence-electron chi connectivity index (χ1n) is 8.92. The first-order valence-corrected chi connectivity index (χ1v) is 8.92. The molecule has 3 nitrogen and oxygen atoms in total. The van der Waals surface area contributed by atoms with Gasteiger partial charge in [-0.15, -0.1) is 0 Å². The number of carbonyl (C=O) groups excluding carboxylic acids is 1. The van der Waals surface area contributed by atoms with E-state index in [4.69, 9.17) is 0 Å². The van der Waals surface area contributed by atoms with Crippen LogP contribution in [0, 0.1) is 5.82 Å². The van der Waals surface area contributed by atoms with Gasteiger partial charge in [-0.1, -0.05) is 24.3 Å². The monoisotopic (exact) mass is 354 g/mol. The van der Waals surface area contributed by atoms with Gasteiger partial charge in [0.05, 0.1) is 0 Å². The summed E-state index contributed by atoms with van der Waals surface area (Å²) in [4.78, 5) is 11.8. The minimum absolute atomic E-state index is 0.102. The molecule has 26 heavy (non-hydrogen) atoms. The topological polar surface area (TPSA) is 41.1 Å². The second-order valence-electron chi connectivity index (χ2n) is 7.06. The van der Waals surface area contributed by atoms with Crippen LogP contribution in [-0.4, -0.2) is 18.0 Å². The number of hydrogen-bond acceptors (Lipinski definition) is 2. The lowest BCUT2D eigenvalue weighted by Crippen LogP contribution is -2.28. The van der Waals surface area contributed by atoms with Crippen LogP contribution < -0.4 is 10.6 Å². The van der Waals surface area contributed by atoms with Gasteiger partial charge in [0.15, 0.2) is 0 Å². The zero-order valence-corrected chi connectivity index (χ0v) is 16.1. The summed E-state index contributed by atoms with van der Waals surface area (Å²) >= 11 is 0. The molecule has 4 heteroatoms. The van der Waals surface area contributed by atoms with Crippen molar-refractivity contribution in [2.75, 3.05) is 5.32 Å². The number of halogens is 1. The van der Waals surface area contributed by atoms with Gasteiger partial charge in [0.25, 0.3) is 0 Å². The molecule has 0 saturated heterocycles. The number of nitrogens with one attached hydrogen (secondary N) is 2. The summed E-state index contributed by atoms with van der Waals surface area (Å²) in [6.07, 6.45) is 1.59. The van der Waals surface area contributed by atoms with Crippen LogP contribution in [0.4, 0.5) is 10.1 Å². The Hall–Kier alpha value is -2.62. The summed E-state index contributed by atoms with van der Waals surface area (Å²) in [6.45, 7) is 9.77. The molecule has 0 fully saturated rings. The van der Waals surface area contributed by atoms with Crippen molar-refractivity contribution in [3.63, 3.8) is 0 Å². The lowest BCUT2D eigenvalue weighted by atomic mass is 10.00. The summed E-state index contributed by atoms with van der Waals surface area (Å²) in [7, 11) is 0. The number of anilines is 1. The summed E-state index contributed by atoms with van der Waals surface area (Å²) in [5.41, 5.74) is 3.94. The molecular formula is C22H27FN2O. The van der Waals surface area contributed by atoms with E-state index in [2.05, 4.69) is 10.6 Å². The lowest BCUT2D eigenvalue weighted by Gasteiger charge is -2.12. The standard InChI is InChI=1S/C22H27FN2O/c1-14(2)24-19-10-11-20(21(23)13-19)18-8-6-17(7-9-18)16(5)12-22(26)25-15(3)4/h6-15,24H,1-5H3,(H,25,26)/b16-12+. The van der Waals surface area contributed by atoms with Crippen molar-refractivity contribution in [2.24, 2.45) is 0 Å². The van der Waals surface area contributed by atoms with Crippen LogP contribution in [0.5, 0.6) is 0 Å². The number of rotatable bonds is 6. The highest BCUT2D eigenvalue weighted by atomic mass is 19.1. The molecule has 0 aromatic heterocycles. The predicted molar refractivity (Wildman–Crippen MR) is 108 cm³/mol. The molecule has 0 atom stereocenters. The Balaban J connectivity index is 2.19. The molecule has 0 unspecified atom stereocenters. The second kappa shape index (κ2) is 8.65. The largest absolute Gasteiger partial charge is 0.383 e. The highest BCUT2D eigenvalue weighted by Crippen LogP contribution is 2.27. The maximum Gasteiger partial charge on any atom is 0.244 e. The Morgan fingerprint density at radius 2 is 1.65 bits per heavy atom.